The molecule has 5 heteroatoms. The molecule has 1 aliphatic heterocycles. The van der Waals surface area contributed by atoms with Crippen molar-refractivity contribution in [3.8, 4) is 12.3 Å². The fourth-order valence-electron chi connectivity index (χ4n) is 9.75. The van der Waals surface area contributed by atoms with Crippen LogP contribution in [0.3, 0.4) is 0 Å². The Kier molecular flexibility index (Phi) is 6.83. The number of terminal acetylenes is 1. The Morgan fingerprint density at radius 3 is 2.60 bits per heavy atom. The van der Waals surface area contributed by atoms with E-state index >= 15 is 0 Å². The highest BCUT2D eigenvalue weighted by molar-refractivity contribution is 5.69. The van der Waals surface area contributed by atoms with Crippen LogP contribution in [-0.4, -0.2) is 29.4 Å². The molecule has 1 spiro atoms. The number of carbonyl (C=O) groups is 1. The number of nitrogens with zero attached hydrogens (tertiary/aromatic N) is 2. The zero-order valence-electron chi connectivity index (χ0n) is 22.2. The Morgan fingerprint density at radius 2 is 1.86 bits per heavy atom. The fraction of sp³-hybridized carbons (Fsp3) is 0.900. The van der Waals surface area contributed by atoms with Gasteiger partial charge in [-0.25, -0.2) is 0 Å². The maximum atomic E-state index is 12.3. The van der Waals surface area contributed by atoms with E-state index < -0.39 is 0 Å². The normalized spacial score (nSPS) is 43.5. The van der Waals surface area contributed by atoms with E-state index in [0.29, 0.717) is 42.1 Å². The molecule has 5 nitrogen and oxygen atoms in total. The smallest absolute Gasteiger partial charge is 0.305 e. The van der Waals surface area contributed by atoms with Crippen molar-refractivity contribution in [3.05, 3.63) is 0 Å². The number of hydrogen-bond donors (Lipinski definition) is 1. The second kappa shape index (κ2) is 9.47. The summed E-state index contributed by atoms with van der Waals surface area (Å²) in [4.78, 5) is 12.3. The Labute approximate surface area is 212 Å². The monoisotopic (exact) mass is 482 g/mol. The van der Waals surface area contributed by atoms with Crippen molar-refractivity contribution in [2.45, 2.75) is 116 Å². The third-order valence-electron chi connectivity index (χ3n) is 11.6. The minimum atomic E-state index is -0.191. The van der Waals surface area contributed by atoms with Gasteiger partial charge < -0.3 is 9.84 Å². The van der Waals surface area contributed by atoms with Crippen LogP contribution in [0.4, 0.5) is 0 Å². The molecular weight excluding hydrogens is 436 g/mol. The summed E-state index contributed by atoms with van der Waals surface area (Å²) in [6.45, 7) is 7.95. The lowest BCUT2D eigenvalue weighted by Crippen LogP contribution is -2.59. The van der Waals surface area contributed by atoms with Gasteiger partial charge in [-0.2, -0.15) is 10.2 Å². The Hall–Kier alpha value is -1.41. The molecule has 1 N–H and O–H groups in total. The van der Waals surface area contributed by atoms with Crippen LogP contribution in [0, 0.1) is 58.7 Å². The molecule has 0 aromatic carbocycles. The average Bonchev–Trinajstić information content (AvgIpc) is 3.50. The molecule has 5 rings (SSSR count). The van der Waals surface area contributed by atoms with E-state index in [1.807, 2.05) is 0 Å². The van der Waals surface area contributed by atoms with Gasteiger partial charge in [0.1, 0.15) is 0 Å². The van der Waals surface area contributed by atoms with Crippen LogP contribution >= 0.6 is 0 Å². The summed E-state index contributed by atoms with van der Waals surface area (Å²) >= 11 is 0. The summed E-state index contributed by atoms with van der Waals surface area (Å²) in [6, 6.07) is 0. The van der Waals surface area contributed by atoms with Crippen molar-refractivity contribution in [2.75, 3.05) is 6.61 Å². The van der Waals surface area contributed by atoms with E-state index in [4.69, 9.17) is 11.2 Å². The standard InChI is InChI=1S/C30H46N2O3/c1-5-6-7-8-17-35-27(34)12-9-20(2)23-10-11-24-22-19-30(31-32-30)26-18-21(33)13-15-29(26,4)25(22)14-16-28(23,24)3/h1,20-26,33H,6-19H2,2-4H3/t20-,21-,22-,23-,24-,25-,26-,28-,29-/m1/s1. The predicted octanol–water partition coefficient (Wildman–Crippen LogP) is 6.54. The molecule has 4 fully saturated rings. The second-order valence-corrected chi connectivity index (χ2v) is 13.3. The van der Waals surface area contributed by atoms with E-state index in [1.54, 1.807) is 0 Å². The van der Waals surface area contributed by atoms with Gasteiger partial charge in [0.2, 0.25) is 0 Å². The van der Waals surface area contributed by atoms with Gasteiger partial charge in [0.05, 0.1) is 12.7 Å². The maximum Gasteiger partial charge on any atom is 0.305 e. The van der Waals surface area contributed by atoms with Crippen LogP contribution in [0.1, 0.15) is 104 Å². The fourth-order valence-corrected chi connectivity index (χ4v) is 9.75. The first kappa shape index (κ1) is 25.2. The van der Waals surface area contributed by atoms with Gasteiger partial charge in [-0.15, -0.1) is 12.3 Å². The van der Waals surface area contributed by atoms with Crippen molar-refractivity contribution in [1.82, 2.24) is 0 Å². The Bertz CT molecular complexity index is 873. The first-order valence-electron chi connectivity index (χ1n) is 14.4. The van der Waals surface area contributed by atoms with Gasteiger partial charge in [-0.3, -0.25) is 4.79 Å². The molecule has 0 saturated heterocycles. The van der Waals surface area contributed by atoms with Crippen molar-refractivity contribution >= 4 is 5.97 Å². The SMILES string of the molecule is C#CCCCCOC(=O)CC[C@@H](C)[C@H]1CC[C@@H]2[C@H]3CC4(N=N4)[C@@H]4C[C@H](O)CC[C@]4(C)[C@@H]3CC[C@@]21C. The summed E-state index contributed by atoms with van der Waals surface area (Å²) in [5.41, 5.74) is 0.428. The summed E-state index contributed by atoms with van der Waals surface area (Å²) in [7, 11) is 0. The zero-order valence-corrected chi connectivity index (χ0v) is 22.2. The highest BCUT2D eigenvalue weighted by Crippen LogP contribution is 2.72. The number of aliphatic hydroxyl groups excluding tert-OH is 1. The molecule has 0 amide bonds. The van der Waals surface area contributed by atoms with Crippen molar-refractivity contribution < 1.29 is 14.6 Å². The minimum absolute atomic E-state index is 0.0504. The highest BCUT2D eigenvalue weighted by Gasteiger charge is 2.69. The first-order chi connectivity index (χ1) is 16.7. The largest absolute Gasteiger partial charge is 0.466 e. The van der Waals surface area contributed by atoms with Crippen LogP contribution in [-0.2, 0) is 9.53 Å². The molecule has 0 aromatic heterocycles. The third-order valence-corrected chi connectivity index (χ3v) is 11.6. The van der Waals surface area contributed by atoms with Crippen LogP contribution in [0.2, 0.25) is 0 Å². The van der Waals surface area contributed by atoms with E-state index in [0.717, 1.165) is 63.2 Å². The number of aliphatic hydroxyl groups is 1. The molecule has 0 radical (unpaired) electrons. The van der Waals surface area contributed by atoms with Gasteiger partial charge in [0.15, 0.2) is 5.66 Å². The first-order valence-corrected chi connectivity index (χ1v) is 14.4. The third kappa shape index (κ3) is 4.36. The van der Waals surface area contributed by atoms with Crippen LogP contribution in [0.5, 0.6) is 0 Å². The van der Waals surface area contributed by atoms with Gasteiger partial charge in [-0.05, 0) is 105 Å². The Balaban J connectivity index is 1.21. The molecule has 1 heterocycles. The quantitative estimate of drug-likeness (QED) is 0.242. The van der Waals surface area contributed by atoms with Gasteiger partial charge in [0.25, 0.3) is 0 Å². The second-order valence-electron chi connectivity index (χ2n) is 13.3. The van der Waals surface area contributed by atoms with E-state index in [2.05, 4.69) is 36.9 Å². The molecule has 0 aromatic rings. The van der Waals surface area contributed by atoms with E-state index in [1.165, 1.54) is 25.7 Å². The summed E-state index contributed by atoms with van der Waals surface area (Å²) in [6.07, 6.45) is 18.4. The lowest BCUT2D eigenvalue weighted by atomic mass is 9.42. The van der Waals surface area contributed by atoms with Crippen molar-refractivity contribution in [3.63, 3.8) is 0 Å². The molecular formula is C30H46N2O3. The maximum absolute atomic E-state index is 12.3. The van der Waals surface area contributed by atoms with Gasteiger partial charge in [-0.1, -0.05) is 20.8 Å². The summed E-state index contributed by atoms with van der Waals surface area (Å²) < 4.78 is 5.46. The van der Waals surface area contributed by atoms with Crippen molar-refractivity contribution in [2.24, 2.45) is 56.6 Å². The molecule has 4 saturated carbocycles. The molecule has 4 aliphatic carbocycles. The number of fused-ring (bicyclic) bond motifs is 6. The average molecular weight is 483 g/mol. The number of ether oxygens (including phenoxy) is 1. The number of unbranched alkanes of at least 4 members (excludes halogenated alkanes) is 2. The number of esters is 1. The minimum Gasteiger partial charge on any atom is -0.466 e. The topological polar surface area (TPSA) is 71.2 Å². The zero-order chi connectivity index (χ0) is 24.8. The highest BCUT2D eigenvalue weighted by atomic mass is 16.5. The molecule has 0 bridgehead atoms. The number of carbonyl (C=O) groups excluding carboxylic acids is 1. The van der Waals surface area contributed by atoms with Gasteiger partial charge in [0, 0.05) is 25.2 Å². The van der Waals surface area contributed by atoms with E-state index in [9.17, 15) is 9.90 Å². The van der Waals surface area contributed by atoms with Crippen LogP contribution in [0.15, 0.2) is 10.2 Å². The predicted molar refractivity (Wildman–Crippen MR) is 136 cm³/mol. The summed E-state index contributed by atoms with van der Waals surface area (Å²) in [5, 5.41) is 19.8. The number of hydrogen-bond acceptors (Lipinski definition) is 5. The lowest BCUT2D eigenvalue weighted by Gasteiger charge is -2.62. The van der Waals surface area contributed by atoms with Crippen molar-refractivity contribution in [1.29, 1.82) is 0 Å². The summed E-state index contributed by atoms with van der Waals surface area (Å²) in [5.74, 6) is 6.42. The Morgan fingerprint density at radius 1 is 1.11 bits per heavy atom. The lowest BCUT2D eigenvalue weighted by molar-refractivity contribution is -0.147. The molecule has 35 heavy (non-hydrogen) atoms. The van der Waals surface area contributed by atoms with Crippen LogP contribution < -0.4 is 0 Å². The van der Waals surface area contributed by atoms with Gasteiger partial charge >= 0.3 is 5.97 Å². The number of rotatable bonds is 8. The molecule has 5 aliphatic rings. The van der Waals surface area contributed by atoms with Crippen LogP contribution in [0.25, 0.3) is 0 Å². The molecule has 194 valence electrons. The van der Waals surface area contributed by atoms with E-state index in [-0.39, 0.29) is 23.2 Å². The molecule has 0 unspecified atom stereocenters. The molecule has 9 atom stereocenters.